The number of amides is 1. The summed E-state index contributed by atoms with van der Waals surface area (Å²) in [6.45, 7) is 1.58. The summed E-state index contributed by atoms with van der Waals surface area (Å²) in [5.41, 5.74) is -0.462. The molecule has 2 aliphatic heterocycles. The number of nitrogens with zero attached hydrogens (tertiary/aromatic N) is 2. The Morgan fingerprint density at radius 2 is 1.95 bits per heavy atom. The van der Waals surface area contributed by atoms with Gasteiger partial charge in [0.25, 0.3) is 5.56 Å². The number of aliphatic carboxylic acids is 1. The van der Waals surface area contributed by atoms with Crippen molar-refractivity contribution in [3.8, 4) is 0 Å². The molecule has 8 heteroatoms. The second-order valence-corrected chi connectivity index (χ2v) is 5.34. The maximum Gasteiger partial charge on any atom is 0.311 e. The Balaban J connectivity index is 2.04. The summed E-state index contributed by atoms with van der Waals surface area (Å²) < 4.78 is 0. The van der Waals surface area contributed by atoms with E-state index in [4.69, 9.17) is 0 Å². The van der Waals surface area contributed by atoms with Crippen molar-refractivity contribution in [3.63, 3.8) is 0 Å². The van der Waals surface area contributed by atoms with Crippen LogP contribution in [0.2, 0.25) is 0 Å². The molecule has 3 N–H and O–H groups in total. The third-order valence-corrected chi connectivity index (χ3v) is 3.89. The van der Waals surface area contributed by atoms with E-state index in [0.717, 1.165) is 32.4 Å². The fraction of sp³-hybridized carbons (Fsp3) is 0.538. The number of aromatic nitrogens is 2. The lowest BCUT2D eigenvalue weighted by Crippen LogP contribution is -2.37. The summed E-state index contributed by atoms with van der Waals surface area (Å²) in [4.78, 5) is 43.9. The number of carbonyl (C=O) groups excluding carboxylic acids is 1. The molecule has 8 nitrogen and oxygen atoms in total. The van der Waals surface area contributed by atoms with Gasteiger partial charge >= 0.3 is 5.97 Å². The smallest absolute Gasteiger partial charge is 0.311 e. The van der Waals surface area contributed by atoms with E-state index < -0.39 is 23.4 Å². The fourth-order valence-corrected chi connectivity index (χ4v) is 2.83. The van der Waals surface area contributed by atoms with Crippen molar-refractivity contribution >= 4 is 23.6 Å². The number of carbonyl (C=O) groups is 2. The van der Waals surface area contributed by atoms with Crippen LogP contribution >= 0.6 is 0 Å². The lowest BCUT2D eigenvalue weighted by atomic mass is 9.94. The van der Waals surface area contributed by atoms with Crippen LogP contribution in [-0.4, -0.2) is 40.0 Å². The number of rotatable bonds is 2. The van der Waals surface area contributed by atoms with Crippen molar-refractivity contribution in [2.75, 3.05) is 23.3 Å². The van der Waals surface area contributed by atoms with Crippen molar-refractivity contribution in [1.29, 1.82) is 0 Å². The third kappa shape index (κ3) is 2.48. The number of hydrogen-bond donors (Lipinski definition) is 3. The number of carboxylic acids is 1. The zero-order valence-corrected chi connectivity index (χ0v) is 11.4. The number of anilines is 2. The first kappa shape index (κ1) is 13.6. The van der Waals surface area contributed by atoms with Crippen LogP contribution in [0, 0.1) is 0 Å². The highest BCUT2D eigenvalue weighted by molar-refractivity contribution is 5.98. The van der Waals surface area contributed by atoms with Crippen molar-refractivity contribution in [3.05, 3.63) is 15.9 Å². The van der Waals surface area contributed by atoms with E-state index in [-0.39, 0.29) is 17.8 Å². The van der Waals surface area contributed by atoms with Gasteiger partial charge in [-0.3, -0.25) is 19.4 Å². The third-order valence-electron chi connectivity index (χ3n) is 3.89. The molecule has 3 heterocycles. The summed E-state index contributed by atoms with van der Waals surface area (Å²) in [5, 5.41) is 11.7. The second kappa shape index (κ2) is 5.19. The van der Waals surface area contributed by atoms with Crippen LogP contribution in [0.5, 0.6) is 0 Å². The van der Waals surface area contributed by atoms with Gasteiger partial charge in [0.1, 0.15) is 5.82 Å². The van der Waals surface area contributed by atoms with E-state index in [2.05, 4.69) is 15.3 Å². The minimum atomic E-state index is -1.19. The van der Waals surface area contributed by atoms with E-state index in [1.165, 1.54) is 0 Å². The Hall–Kier alpha value is -2.38. The molecule has 1 aromatic heterocycles. The van der Waals surface area contributed by atoms with E-state index in [9.17, 15) is 19.5 Å². The topological polar surface area (TPSA) is 115 Å². The van der Waals surface area contributed by atoms with Gasteiger partial charge in [0, 0.05) is 19.5 Å². The summed E-state index contributed by atoms with van der Waals surface area (Å²) in [5.74, 6) is -2.30. The number of piperidine rings is 1. The number of H-pyrrole nitrogens is 1. The highest BCUT2D eigenvalue weighted by Crippen LogP contribution is 2.29. The van der Waals surface area contributed by atoms with Crippen LogP contribution in [0.1, 0.15) is 37.2 Å². The Morgan fingerprint density at radius 3 is 2.62 bits per heavy atom. The van der Waals surface area contributed by atoms with Crippen molar-refractivity contribution in [2.45, 2.75) is 31.6 Å². The van der Waals surface area contributed by atoms with Gasteiger partial charge in [-0.15, -0.1) is 0 Å². The maximum atomic E-state index is 12.2. The molecule has 112 valence electrons. The zero-order valence-electron chi connectivity index (χ0n) is 11.4. The summed E-state index contributed by atoms with van der Waals surface area (Å²) in [6, 6.07) is 0. The number of nitrogens with one attached hydrogen (secondary N) is 2. The number of fused-ring (bicyclic) bond motifs is 1. The van der Waals surface area contributed by atoms with Crippen molar-refractivity contribution in [1.82, 2.24) is 9.97 Å². The summed E-state index contributed by atoms with van der Waals surface area (Å²) in [7, 11) is 0. The molecule has 0 radical (unpaired) electrons. The van der Waals surface area contributed by atoms with E-state index in [0.29, 0.717) is 5.95 Å². The SMILES string of the molecule is O=C1CC(C(=O)O)c2c(nc(N3CCCCC3)[nH]c2=O)N1. The van der Waals surface area contributed by atoms with Gasteiger partial charge in [0.05, 0.1) is 11.5 Å². The predicted molar refractivity (Wildman–Crippen MR) is 74.5 cm³/mol. The molecule has 1 atom stereocenters. The van der Waals surface area contributed by atoms with Gasteiger partial charge in [0.2, 0.25) is 11.9 Å². The molecule has 0 aromatic carbocycles. The average Bonchev–Trinajstić information content (AvgIpc) is 2.46. The Morgan fingerprint density at radius 1 is 1.24 bits per heavy atom. The Kier molecular flexibility index (Phi) is 3.36. The highest BCUT2D eigenvalue weighted by atomic mass is 16.4. The molecule has 1 amide bonds. The van der Waals surface area contributed by atoms with Crippen LogP contribution in [0.15, 0.2) is 4.79 Å². The molecule has 0 bridgehead atoms. The van der Waals surface area contributed by atoms with E-state index >= 15 is 0 Å². The van der Waals surface area contributed by atoms with Gasteiger partial charge in [-0.25, -0.2) is 0 Å². The summed E-state index contributed by atoms with van der Waals surface area (Å²) in [6.07, 6.45) is 2.94. The van der Waals surface area contributed by atoms with E-state index in [1.807, 2.05) is 4.90 Å². The van der Waals surface area contributed by atoms with Crippen LogP contribution in [0.3, 0.4) is 0 Å². The minimum Gasteiger partial charge on any atom is -0.481 e. The van der Waals surface area contributed by atoms with Gasteiger partial charge in [-0.2, -0.15) is 4.98 Å². The quantitative estimate of drug-likeness (QED) is 0.720. The van der Waals surface area contributed by atoms with Gasteiger partial charge in [0.15, 0.2) is 0 Å². The average molecular weight is 292 g/mol. The molecule has 2 aliphatic rings. The molecule has 0 aliphatic carbocycles. The first-order chi connectivity index (χ1) is 10.1. The lowest BCUT2D eigenvalue weighted by Gasteiger charge is -2.28. The van der Waals surface area contributed by atoms with Gasteiger partial charge in [-0.05, 0) is 19.3 Å². The van der Waals surface area contributed by atoms with E-state index in [1.54, 1.807) is 0 Å². The molecule has 1 fully saturated rings. The molecule has 1 saturated heterocycles. The molecule has 1 aromatic rings. The van der Waals surface area contributed by atoms with Crippen LogP contribution in [0.25, 0.3) is 0 Å². The molecular weight excluding hydrogens is 276 g/mol. The van der Waals surface area contributed by atoms with Crippen LogP contribution < -0.4 is 15.8 Å². The molecular formula is C13H16N4O4. The second-order valence-electron chi connectivity index (χ2n) is 5.34. The normalized spacial score (nSPS) is 21.6. The van der Waals surface area contributed by atoms with Crippen molar-refractivity contribution < 1.29 is 14.7 Å². The summed E-state index contributed by atoms with van der Waals surface area (Å²) >= 11 is 0. The maximum absolute atomic E-state index is 12.2. The number of aromatic amines is 1. The number of carboxylic acid groups (broad SMARTS) is 1. The van der Waals surface area contributed by atoms with Gasteiger partial charge in [-0.1, -0.05) is 0 Å². The Bertz CT molecular complexity index is 648. The highest BCUT2D eigenvalue weighted by Gasteiger charge is 2.35. The predicted octanol–water partition coefficient (Wildman–Crippen LogP) is 0.271. The van der Waals surface area contributed by atoms with Crippen molar-refractivity contribution in [2.24, 2.45) is 0 Å². The zero-order chi connectivity index (χ0) is 15.0. The minimum absolute atomic E-state index is 0.0304. The largest absolute Gasteiger partial charge is 0.481 e. The van der Waals surface area contributed by atoms with Gasteiger partial charge < -0.3 is 15.3 Å². The molecule has 1 unspecified atom stereocenters. The monoisotopic (exact) mass is 292 g/mol. The fourth-order valence-electron chi connectivity index (χ4n) is 2.83. The lowest BCUT2D eigenvalue weighted by molar-refractivity contribution is -0.140. The Labute approximate surface area is 120 Å². The number of hydrogen-bond acceptors (Lipinski definition) is 5. The van der Waals surface area contributed by atoms with Crippen LogP contribution in [-0.2, 0) is 9.59 Å². The first-order valence-corrected chi connectivity index (χ1v) is 6.98. The standard InChI is InChI=1S/C13H16N4O4/c18-8-6-7(12(20)21)9-10(14-8)15-13(16-11(9)19)17-4-2-1-3-5-17/h7H,1-6H2,(H,20,21)(H2,14,15,16,18,19). The van der Waals surface area contributed by atoms with Crippen LogP contribution in [0.4, 0.5) is 11.8 Å². The molecule has 3 rings (SSSR count). The molecule has 0 saturated carbocycles. The molecule has 0 spiro atoms. The molecule has 21 heavy (non-hydrogen) atoms. The first-order valence-electron chi connectivity index (χ1n) is 6.98.